The van der Waals surface area contributed by atoms with E-state index in [1.54, 1.807) is 24.3 Å². The van der Waals surface area contributed by atoms with Crippen LogP contribution in [-0.2, 0) is 9.59 Å². The SMILES string of the molecule is CC(=O)O.CC(=O)O.OC(=C(O)c1ccccc1)c1ccccc1. The first-order chi connectivity index (χ1) is 11.3. The zero-order chi connectivity index (χ0) is 18.5. The Balaban J connectivity index is 0.000000558. The van der Waals surface area contributed by atoms with Crippen LogP contribution in [0, 0.1) is 0 Å². The summed E-state index contributed by atoms with van der Waals surface area (Å²) in [5.74, 6) is -1.88. The standard InChI is InChI=1S/C14H12O2.2C2H4O2/c15-13(11-7-3-1-4-8-11)14(16)12-9-5-2-6-10-12;2*1-2(3)4/h1-10,15-16H;2*1H3,(H,3,4). The second-order valence-corrected chi connectivity index (χ2v) is 4.47. The molecule has 24 heavy (non-hydrogen) atoms. The molecule has 0 radical (unpaired) electrons. The quantitative estimate of drug-likeness (QED) is 0.491. The summed E-state index contributed by atoms with van der Waals surface area (Å²) in [6.07, 6.45) is 0. The molecule has 0 atom stereocenters. The fourth-order valence-electron chi connectivity index (χ4n) is 1.47. The molecule has 0 saturated carbocycles. The number of carboxylic acids is 2. The normalized spacial score (nSPS) is 10.1. The first-order valence-corrected chi connectivity index (χ1v) is 6.87. The lowest BCUT2D eigenvalue weighted by atomic mass is 10.1. The van der Waals surface area contributed by atoms with Crippen molar-refractivity contribution < 1.29 is 30.0 Å². The van der Waals surface area contributed by atoms with Crippen LogP contribution in [0.1, 0.15) is 25.0 Å². The average Bonchev–Trinajstić information content (AvgIpc) is 2.54. The Morgan fingerprint density at radius 2 is 0.792 bits per heavy atom. The number of benzene rings is 2. The van der Waals surface area contributed by atoms with Crippen LogP contribution < -0.4 is 0 Å². The van der Waals surface area contributed by atoms with Gasteiger partial charge in [0.2, 0.25) is 0 Å². The average molecular weight is 332 g/mol. The monoisotopic (exact) mass is 332 g/mol. The highest BCUT2D eigenvalue weighted by Gasteiger charge is 2.07. The predicted octanol–water partition coefficient (Wildman–Crippen LogP) is 3.81. The maximum atomic E-state index is 9.87. The molecule has 2 aromatic carbocycles. The van der Waals surface area contributed by atoms with Gasteiger partial charge in [0.25, 0.3) is 11.9 Å². The Hall–Kier alpha value is -3.28. The van der Waals surface area contributed by atoms with Crippen molar-refractivity contribution >= 4 is 23.5 Å². The third kappa shape index (κ3) is 9.62. The topological polar surface area (TPSA) is 115 Å². The summed E-state index contributed by atoms with van der Waals surface area (Å²) < 4.78 is 0. The minimum absolute atomic E-state index is 0.105. The molecule has 0 fully saturated rings. The van der Waals surface area contributed by atoms with E-state index in [-0.39, 0.29) is 11.5 Å². The minimum atomic E-state index is -0.833. The number of aliphatic hydroxyl groups excluding tert-OH is 2. The van der Waals surface area contributed by atoms with Gasteiger partial charge in [0, 0.05) is 25.0 Å². The van der Waals surface area contributed by atoms with Crippen LogP contribution in [0.5, 0.6) is 0 Å². The number of rotatable bonds is 2. The summed E-state index contributed by atoms with van der Waals surface area (Å²) in [7, 11) is 0. The summed E-state index contributed by atoms with van der Waals surface area (Å²) in [5, 5.41) is 34.6. The van der Waals surface area contributed by atoms with Crippen LogP contribution in [0.25, 0.3) is 11.5 Å². The maximum Gasteiger partial charge on any atom is 0.300 e. The van der Waals surface area contributed by atoms with Crippen molar-refractivity contribution in [3.8, 4) is 0 Å². The van der Waals surface area contributed by atoms with E-state index < -0.39 is 11.9 Å². The first-order valence-electron chi connectivity index (χ1n) is 6.87. The molecule has 0 aromatic heterocycles. The maximum absolute atomic E-state index is 9.87. The van der Waals surface area contributed by atoms with Gasteiger partial charge in [-0.15, -0.1) is 0 Å². The second-order valence-electron chi connectivity index (χ2n) is 4.47. The highest BCUT2D eigenvalue weighted by atomic mass is 16.4. The van der Waals surface area contributed by atoms with Crippen LogP contribution in [0.4, 0.5) is 0 Å². The summed E-state index contributed by atoms with van der Waals surface area (Å²) in [5.41, 5.74) is 1.20. The van der Waals surface area contributed by atoms with Crippen molar-refractivity contribution in [1.29, 1.82) is 0 Å². The number of hydrogen-bond acceptors (Lipinski definition) is 4. The molecule has 6 heteroatoms. The van der Waals surface area contributed by atoms with E-state index in [0.717, 1.165) is 13.8 Å². The Morgan fingerprint density at radius 1 is 0.583 bits per heavy atom. The molecule has 0 bridgehead atoms. The number of hydrogen-bond donors (Lipinski definition) is 4. The smallest absolute Gasteiger partial charge is 0.300 e. The Bertz CT molecular complexity index is 595. The molecule has 0 aliphatic heterocycles. The largest absolute Gasteiger partial charge is 0.504 e. The van der Waals surface area contributed by atoms with Crippen molar-refractivity contribution in [3.63, 3.8) is 0 Å². The van der Waals surface area contributed by atoms with Gasteiger partial charge < -0.3 is 20.4 Å². The highest BCUT2D eigenvalue weighted by Crippen LogP contribution is 2.21. The van der Waals surface area contributed by atoms with Gasteiger partial charge >= 0.3 is 0 Å². The van der Waals surface area contributed by atoms with E-state index in [4.69, 9.17) is 19.8 Å². The summed E-state index contributed by atoms with van der Waals surface area (Å²) in [4.78, 5) is 18.0. The van der Waals surface area contributed by atoms with Crippen molar-refractivity contribution in [2.45, 2.75) is 13.8 Å². The van der Waals surface area contributed by atoms with Gasteiger partial charge in [0.05, 0.1) is 0 Å². The van der Waals surface area contributed by atoms with Crippen molar-refractivity contribution in [1.82, 2.24) is 0 Å². The third-order valence-electron chi connectivity index (χ3n) is 2.32. The van der Waals surface area contributed by atoms with Crippen LogP contribution in [-0.4, -0.2) is 32.4 Å². The second kappa shape index (κ2) is 11.3. The van der Waals surface area contributed by atoms with Crippen LogP contribution in [0.15, 0.2) is 60.7 Å². The van der Waals surface area contributed by atoms with Crippen LogP contribution in [0.2, 0.25) is 0 Å². The number of carbonyl (C=O) groups is 2. The van der Waals surface area contributed by atoms with E-state index >= 15 is 0 Å². The van der Waals surface area contributed by atoms with Crippen molar-refractivity contribution in [2.75, 3.05) is 0 Å². The van der Waals surface area contributed by atoms with E-state index in [2.05, 4.69) is 0 Å². The zero-order valence-corrected chi connectivity index (χ0v) is 13.4. The molecule has 0 aliphatic carbocycles. The number of carboxylic acid groups (broad SMARTS) is 2. The van der Waals surface area contributed by atoms with E-state index in [1.807, 2.05) is 36.4 Å². The molecule has 2 rings (SSSR count). The summed E-state index contributed by atoms with van der Waals surface area (Å²) in [6, 6.07) is 17.9. The Kier molecular flexibility index (Phi) is 9.76. The van der Waals surface area contributed by atoms with Crippen molar-refractivity contribution in [3.05, 3.63) is 71.8 Å². The molecule has 0 spiro atoms. The molecule has 2 aromatic rings. The lowest BCUT2D eigenvalue weighted by Gasteiger charge is -2.04. The first kappa shape index (κ1) is 20.7. The van der Waals surface area contributed by atoms with Gasteiger partial charge in [0.15, 0.2) is 11.5 Å². The van der Waals surface area contributed by atoms with Gasteiger partial charge in [-0.05, 0) is 0 Å². The Labute approximate surface area is 140 Å². The Morgan fingerprint density at radius 3 is 1.00 bits per heavy atom. The predicted molar refractivity (Wildman–Crippen MR) is 91.6 cm³/mol. The molecule has 0 aliphatic rings. The fourth-order valence-corrected chi connectivity index (χ4v) is 1.47. The zero-order valence-electron chi connectivity index (χ0n) is 13.4. The van der Waals surface area contributed by atoms with Crippen molar-refractivity contribution in [2.24, 2.45) is 0 Å². The van der Waals surface area contributed by atoms with Gasteiger partial charge in [-0.3, -0.25) is 9.59 Å². The number of aliphatic carboxylic acids is 2. The van der Waals surface area contributed by atoms with Gasteiger partial charge in [-0.1, -0.05) is 60.7 Å². The molecule has 128 valence electrons. The van der Waals surface area contributed by atoms with E-state index in [1.165, 1.54) is 0 Å². The van der Waals surface area contributed by atoms with Gasteiger partial charge in [-0.2, -0.15) is 0 Å². The molecule has 0 unspecified atom stereocenters. The molecular weight excluding hydrogens is 312 g/mol. The summed E-state index contributed by atoms with van der Waals surface area (Å²) in [6.45, 7) is 2.17. The highest BCUT2D eigenvalue weighted by molar-refractivity contribution is 5.82. The lowest BCUT2D eigenvalue weighted by molar-refractivity contribution is -0.135. The lowest BCUT2D eigenvalue weighted by Crippen LogP contribution is -1.90. The molecule has 6 nitrogen and oxygen atoms in total. The molecule has 0 heterocycles. The molecular formula is C18H20O6. The minimum Gasteiger partial charge on any atom is -0.504 e. The van der Waals surface area contributed by atoms with Gasteiger partial charge in [-0.25, -0.2) is 0 Å². The third-order valence-corrected chi connectivity index (χ3v) is 2.32. The van der Waals surface area contributed by atoms with Gasteiger partial charge in [0.1, 0.15) is 0 Å². The molecule has 4 N–H and O–H groups in total. The van der Waals surface area contributed by atoms with E-state index in [0.29, 0.717) is 11.1 Å². The molecule has 0 amide bonds. The molecule has 0 saturated heterocycles. The van der Waals surface area contributed by atoms with E-state index in [9.17, 15) is 10.2 Å². The summed E-state index contributed by atoms with van der Waals surface area (Å²) >= 11 is 0. The van der Waals surface area contributed by atoms with Crippen LogP contribution in [0.3, 0.4) is 0 Å². The fraction of sp³-hybridized carbons (Fsp3) is 0.111. The number of aliphatic hydroxyl groups is 2. The van der Waals surface area contributed by atoms with Crippen LogP contribution >= 0.6 is 0 Å².